The van der Waals surface area contributed by atoms with E-state index in [0.717, 1.165) is 0 Å². The van der Waals surface area contributed by atoms with E-state index in [4.69, 9.17) is 17.3 Å². The molecular weight excluding hydrogens is 216 g/mol. The quantitative estimate of drug-likeness (QED) is 0.805. The fourth-order valence-electron chi connectivity index (χ4n) is 0.991. The van der Waals surface area contributed by atoms with Gasteiger partial charge in [0, 0.05) is 0 Å². The van der Waals surface area contributed by atoms with Gasteiger partial charge in [-0.1, -0.05) is 23.7 Å². The Morgan fingerprint density at radius 2 is 2.00 bits per heavy atom. The molecule has 0 aliphatic carbocycles. The minimum Gasteiger partial charge on any atom is -0.368 e. The van der Waals surface area contributed by atoms with Gasteiger partial charge in [0.05, 0.1) is 10.6 Å². The summed E-state index contributed by atoms with van der Waals surface area (Å²) in [6.07, 6.45) is 0. The first kappa shape index (κ1) is 11.5. The molecule has 0 heterocycles. The number of carbonyl (C=O) groups excluding carboxylic acids is 2. The summed E-state index contributed by atoms with van der Waals surface area (Å²) >= 11 is 5.81. The monoisotopic (exact) mass is 226 g/mol. The van der Waals surface area contributed by atoms with Gasteiger partial charge >= 0.3 is 0 Å². The lowest BCUT2D eigenvalue weighted by atomic mass is 10.2. The van der Waals surface area contributed by atoms with Gasteiger partial charge in [-0.3, -0.25) is 9.59 Å². The minimum absolute atomic E-state index is 0.326. The van der Waals surface area contributed by atoms with E-state index >= 15 is 0 Å². The summed E-state index contributed by atoms with van der Waals surface area (Å²) in [5, 5.41) is 2.78. The number of nitrogens with two attached hydrogens (primary N) is 1. The van der Waals surface area contributed by atoms with Crippen LogP contribution in [0.25, 0.3) is 0 Å². The van der Waals surface area contributed by atoms with Crippen molar-refractivity contribution in [2.24, 2.45) is 5.73 Å². The molecule has 0 saturated heterocycles. The largest absolute Gasteiger partial charge is 0.368 e. The molecule has 0 spiro atoms. The van der Waals surface area contributed by atoms with Gasteiger partial charge in [0.1, 0.15) is 6.04 Å². The summed E-state index contributed by atoms with van der Waals surface area (Å²) in [7, 11) is 0. The first-order valence-corrected chi connectivity index (χ1v) is 4.75. The van der Waals surface area contributed by atoms with Gasteiger partial charge in [-0.2, -0.15) is 0 Å². The van der Waals surface area contributed by atoms with E-state index < -0.39 is 17.9 Å². The molecule has 1 aromatic rings. The third kappa shape index (κ3) is 2.95. The van der Waals surface area contributed by atoms with Crippen LogP contribution >= 0.6 is 11.6 Å². The highest BCUT2D eigenvalue weighted by Crippen LogP contribution is 2.14. The molecule has 15 heavy (non-hydrogen) atoms. The normalized spacial score (nSPS) is 11.9. The number of hydrogen-bond donors (Lipinski definition) is 2. The number of halogens is 1. The van der Waals surface area contributed by atoms with Crippen LogP contribution in [0, 0.1) is 0 Å². The van der Waals surface area contributed by atoms with Crippen LogP contribution < -0.4 is 11.1 Å². The molecule has 2 amide bonds. The molecule has 0 unspecified atom stereocenters. The van der Waals surface area contributed by atoms with Crippen LogP contribution in [0.3, 0.4) is 0 Å². The lowest BCUT2D eigenvalue weighted by Gasteiger charge is -2.10. The first-order valence-electron chi connectivity index (χ1n) is 4.37. The number of nitrogens with one attached hydrogen (secondary N) is 1. The minimum atomic E-state index is -0.714. The zero-order chi connectivity index (χ0) is 11.4. The van der Waals surface area contributed by atoms with Crippen molar-refractivity contribution in [3.63, 3.8) is 0 Å². The van der Waals surface area contributed by atoms with Crippen molar-refractivity contribution in [1.82, 2.24) is 5.32 Å². The van der Waals surface area contributed by atoms with E-state index in [-0.39, 0.29) is 0 Å². The Labute approximate surface area is 92.4 Å². The van der Waals surface area contributed by atoms with E-state index in [1.54, 1.807) is 24.3 Å². The maximum absolute atomic E-state index is 11.6. The molecule has 0 saturated carbocycles. The zero-order valence-electron chi connectivity index (χ0n) is 8.16. The van der Waals surface area contributed by atoms with Gasteiger partial charge in [0.15, 0.2) is 0 Å². The number of benzene rings is 1. The van der Waals surface area contributed by atoms with E-state index in [1.165, 1.54) is 6.92 Å². The van der Waals surface area contributed by atoms with Crippen molar-refractivity contribution in [2.45, 2.75) is 13.0 Å². The second-order valence-electron chi connectivity index (χ2n) is 3.08. The summed E-state index contributed by atoms with van der Waals surface area (Å²) in [6, 6.07) is 5.87. The lowest BCUT2D eigenvalue weighted by molar-refractivity contribution is -0.119. The average Bonchev–Trinajstić information content (AvgIpc) is 2.18. The Kier molecular flexibility index (Phi) is 3.68. The topological polar surface area (TPSA) is 72.2 Å². The molecule has 0 bridgehead atoms. The molecule has 80 valence electrons. The second kappa shape index (κ2) is 4.79. The number of carbonyl (C=O) groups is 2. The molecule has 0 aliphatic heterocycles. The molecule has 1 aromatic carbocycles. The molecular formula is C10H11ClN2O2. The highest BCUT2D eigenvalue weighted by Gasteiger charge is 2.15. The molecule has 1 atom stereocenters. The summed E-state index contributed by atoms with van der Waals surface area (Å²) in [5.41, 5.74) is 5.34. The molecule has 1 rings (SSSR count). The van der Waals surface area contributed by atoms with E-state index in [9.17, 15) is 9.59 Å². The van der Waals surface area contributed by atoms with Gasteiger partial charge < -0.3 is 11.1 Å². The van der Waals surface area contributed by atoms with Crippen molar-refractivity contribution in [3.8, 4) is 0 Å². The fourth-order valence-corrected chi connectivity index (χ4v) is 1.21. The predicted octanol–water partition coefficient (Wildman–Crippen LogP) is 0.944. The van der Waals surface area contributed by atoms with Gasteiger partial charge in [-0.05, 0) is 19.1 Å². The van der Waals surface area contributed by atoms with E-state index in [0.29, 0.717) is 10.6 Å². The Balaban J connectivity index is 2.78. The predicted molar refractivity (Wildman–Crippen MR) is 57.6 cm³/mol. The molecule has 0 aromatic heterocycles. The smallest absolute Gasteiger partial charge is 0.253 e. The SMILES string of the molecule is C[C@H](NC(=O)c1ccccc1Cl)C(N)=O. The molecule has 0 radical (unpaired) electrons. The fraction of sp³-hybridized carbons (Fsp3) is 0.200. The van der Waals surface area contributed by atoms with Crippen LogP contribution in [-0.4, -0.2) is 17.9 Å². The average molecular weight is 227 g/mol. The maximum Gasteiger partial charge on any atom is 0.253 e. The third-order valence-electron chi connectivity index (χ3n) is 1.89. The number of primary amides is 1. The number of rotatable bonds is 3. The van der Waals surface area contributed by atoms with Gasteiger partial charge in [0.25, 0.3) is 5.91 Å². The van der Waals surface area contributed by atoms with Crippen LogP contribution in [-0.2, 0) is 4.79 Å². The third-order valence-corrected chi connectivity index (χ3v) is 2.22. The summed E-state index contributed by atoms with van der Waals surface area (Å²) in [5.74, 6) is -0.998. The van der Waals surface area contributed by atoms with Crippen molar-refractivity contribution >= 4 is 23.4 Å². The van der Waals surface area contributed by atoms with Crippen LogP contribution in [0.5, 0.6) is 0 Å². The van der Waals surface area contributed by atoms with Crippen LogP contribution in [0.1, 0.15) is 17.3 Å². The van der Waals surface area contributed by atoms with Crippen molar-refractivity contribution in [1.29, 1.82) is 0 Å². The Morgan fingerprint density at radius 3 is 2.53 bits per heavy atom. The van der Waals surface area contributed by atoms with Gasteiger partial charge in [-0.15, -0.1) is 0 Å². The number of amides is 2. The molecule has 4 nitrogen and oxygen atoms in total. The van der Waals surface area contributed by atoms with E-state index in [1.807, 2.05) is 0 Å². The number of hydrogen-bond acceptors (Lipinski definition) is 2. The molecule has 0 aliphatic rings. The van der Waals surface area contributed by atoms with E-state index in [2.05, 4.69) is 5.32 Å². The van der Waals surface area contributed by atoms with Crippen molar-refractivity contribution in [2.75, 3.05) is 0 Å². The van der Waals surface area contributed by atoms with Crippen LogP contribution in [0.15, 0.2) is 24.3 Å². The Hall–Kier alpha value is -1.55. The van der Waals surface area contributed by atoms with Crippen LogP contribution in [0.4, 0.5) is 0 Å². The molecule has 5 heteroatoms. The lowest BCUT2D eigenvalue weighted by Crippen LogP contribution is -2.42. The highest BCUT2D eigenvalue weighted by molar-refractivity contribution is 6.33. The van der Waals surface area contributed by atoms with Gasteiger partial charge in [0.2, 0.25) is 5.91 Å². The van der Waals surface area contributed by atoms with Crippen molar-refractivity contribution in [3.05, 3.63) is 34.9 Å². The summed E-state index contributed by atoms with van der Waals surface area (Å²) in [6.45, 7) is 1.51. The summed E-state index contributed by atoms with van der Waals surface area (Å²) in [4.78, 5) is 22.3. The Bertz CT molecular complexity index is 393. The summed E-state index contributed by atoms with van der Waals surface area (Å²) < 4.78 is 0. The molecule has 3 N–H and O–H groups in total. The molecule has 0 fully saturated rings. The standard InChI is InChI=1S/C10H11ClN2O2/c1-6(9(12)14)13-10(15)7-4-2-3-5-8(7)11/h2-6H,1H3,(H2,12,14)(H,13,15)/t6-/m0/s1. The second-order valence-corrected chi connectivity index (χ2v) is 3.48. The zero-order valence-corrected chi connectivity index (χ0v) is 8.91. The maximum atomic E-state index is 11.6. The van der Waals surface area contributed by atoms with Crippen LogP contribution in [0.2, 0.25) is 5.02 Å². The highest BCUT2D eigenvalue weighted by atomic mass is 35.5. The first-order chi connectivity index (χ1) is 7.02. The van der Waals surface area contributed by atoms with Gasteiger partial charge in [-0.25, -0.2) is 0 Å². The van der Waals surface area contributed by atoms with Crippen molar-refractivity contribution < 1.29 is 9.59 Å². The Morgan fingerprint density at radius 1 is 1.40 bits per heavy atom.